The molecule has 0 heterocycles. The summed E-state index contributed by atoms with van der Waals surface area (Å²) in [5, 5.41) is 10.3. The van der Waals surface area contributed by atoms with Gasteiger partial charge in [-0.3, -0.25) is 0 Å². The molecule has 0 aliphatic rings. The van der Waals surface area contributed by atoms with Gasteiger partial charge >= 0.3 is 0 Å². The molecular formula is C13H19BrO3. The van der Waals surface area contributed by atoms with Crippen molar-refractivity contribution in [3.63, 3.8) is 0 Å². The zero-order valence-corrected chi connectivity index (χ0v) is 12.0. The van der Waals surface area contributed by atoms with E-state index in [0.29, 0.717) is 12.8 Å². The van der Waals surface area contributed by atoms with E-state index in [-0.39, 0.29) is 6.29 Å². The van der Waals surface area contributed by atoms with Crippen LogP contribution in [0.25, 0.3) is 0 Å². The first-order chi connectivity index (χ1) is 7.96. The Labute approximate surface area is 111 Å². The van der Waals surface area contributed by atoms with E-state index in [1.54, 1.807) is 21.1 Å². The van der Waals surface area contributed by atoms with Crippen molar-refractivity contribution in [3.8, 4) is 0 Å². The molecule has 4 heteroatoms. The van der Waals surface area contributed by atoms with E-state index in [0.717, 1.165) is 10.0 Å². The first kappa shape index (κ1) is 14.6. The van der Waals surface area contributed by atoms with Gasteiger partial charge in [0.2, 0.25) is 0 Å². The van der Waals surface area contributed by atoms with Gasteiger partial charge in [-0.15, -0.1) is 0 Å². The molecule has 0 aromatic heterocycles. The Balaban J connectivity index is 2.65. The average molecular weight is 303 g/mol. The Bertz CT molecular complexity index is 348. The van der Waals surface area contributed by atoms with E-state index in [4.69, 9.17) is 9.47 Å². The lowest BCUT2D eigenvalue weighted by atomic mass is 9.93. The van der Waals surface area contributed by atoms with Crippen LogP contribution in [0.3, 0.4) is 0 Å². The number of hydrogen-bond acceptors (Lipinski definition) is 3. The molecule has 1 unspecified atom stereocenters. The van der Waals surface area contributed by atoms with Crippen LogP contribution < -0.4 is 0 Å². The van der Waals surface area contributed by atoms with Crippen LogP contribution in [0.15, 0.2) is 28.7 Å². The van der Waals surface area contributed by atoms with Crippen molar-refractivity contribution in [1.82, 2.24) is 0 Å². The number of ether oxygens (including phenoxy) is 2. The van der Waals surface area contributed by atoms with Gasteiger partial charge in [-0.05, 0) is 24.6 Å². The number of halogens is 1. The van der Waals surface area contributed by atoms with E-state index in [2.05, 4.69) is 15.9 Å². The van der Waals surface area contributed by atoms with Crippen molar-refractivity contribution >= 4 is 15.9 Å². The zero-order chi connectivity index (χ0) is 12.9. The van der Waals surface area contributed by atoms with Gasteiger partial charge in [-0.1, -0.05) is 28.1 Å². The molecule has 1 atom stereocenters. The average Bonchev–Trinajstić information content (AvgIpc) is 2.25. The number of rotatable bonds is 6. The van der Waals surface area contributed by atoms with Crippen LogP contribution in [0.1, 0.15) is 18.9 Å². The SMILES string of the molecule is COC(CC(C)(O)Cc1cccc(Br)c1)OC. The fraction of sp³-hybridized carbons (Fsp3) is 0.538. The molecule has 96 valence electrons. The Morgan fingerprint density at radius 1 is 1.35 bits per heavy atom. The molecule has 0 aliphatic heterocycles. The van der Waals surface area contributed by atoms with Crippen LogP contribution in [-0.4, -0.2) is 31.2 Å². The van der Waals surface area contributed by atoms with Crippen molar-refractivity contribution in [3.05, 3.63) is 34.3 Å². The molecule has 0 saturated carbocycles. The first-order valence-corrected chi connectivity index (χ1v) is 6.28. The molecular weight excluding hydrogens is 284 g/mol. The maximum atomic E-state index is 10.3. The Morgan fingerprint density at radius 3 is 2.53 bits per heavy atom. The molecule has 0 saturated heterocycles. The summed E-state index contributed by atoms with van der Waals surface area (Å²) in [6.07, 6.45) is 0.625. The molecule has 0 amide bonds. The Hall–Kier alpha value is -0.420. The minimum Gasteiger partial charge on any atom is -0.390 e. The summed E-state index contributed by atoms with van der Waals surface area (Å²) in [4.78, 5) is 0. The monoisotopic (exact) mass is 302 g/mol. The minimum atomic E-state index is -0.850. The second kappa shape index (κ2) is 6.50. The third-order valence-electron chi connectivity index (χ3n) is 2.61. The number of hydrogen-bond donors (Lipinski definition) is 1. The molecule has 0 radical (unpaired) electrons. The predicted octanol–water partition coefficient (Wildman–Crippen LogP) is 2.75. The quantitative estimate of drug-likeness (QED) is 0.821. The van der Waals surface area contributed by atoms with Crippen LogP contribution in [0.2, 0.25) is 0 Å². The van der Waals surface area contributed by atoms with Gasteiger partial charge in [0, 0.05) is 31.5 Å². The largest absolute Gasteiger partial charge is 0.390 e. The third-order valence-corrected chi connectivity index (χ3v) is 3.10. The maximum absolute atomic E-state index is 10.3. The van der Waals surface area contributed by atoms with Crippen LogP contribution >= 0.6 is 15.9 Å². The van der Waals surface area contributed by atoms with Crippen LogP contribution in [0.4, 0.5) is 0 Å². The fourth-order valence-electron chi connectivity index (χ4n) is 1.78. The highest BCUT2D eigenvalue weighted by Crippen LogP contribution is 2.22. The summed E-state index contributed by atoms with van der Waals surface area (Å²) >= 11 is 3.42. The first-order valence-electron chi connectivity index (χ1n) is 5.49. The summed E-state index contributed by atoms with van der Waals surface area (Å²) in [6.45, 7) is 1.79. The predicted molar refractivity (Wildman–Crippen MR) is 70.9 cm³/mol. The summed E-state index contributed by atoms with van der Waals surface area (Å²) in [5.74, 6) is 0. The molecule has 1 rings (SSSR count). The highest BCUT2D eigenvalue weighted by molar-refractivity contribution is 9.10. The molecule has 1 aromatic carbocycles. The molecule has 0 spiro atoms. The van der Waals surface area contributed by atoms with Gasteiger partial charge in [0.25, 0.3) is 0 Å². The van der Waals surface area contributed by atoms with Gasteiger partial charge in [0.15, 0.2) is 6.29 Å². The standard InChI is InChI=1S/C13H19BrO3/c1-13(15,9-12(16-2)17-3)8-10-5-4-6-11(14)7-10/h4-7,12,15H,8-9H2,1-3H3. The van der Waals surface area contributed by atoms with Crippen LogP contribution in [-0.2, 0) is 15.9 Å². The van der Waals surface area contributed by atoms with Crippen molar-refractivity contribution < 1.29 is 14.6 Å². The van der Waals surface area contributed by atoms with Gasteiger partial charge in [0.05, 0.1) is 5.60 Å². The second-order valence-electron chi connectivity index (χ2n) is 4.41. The van der Waals surface area contributed by atoms with Crippen molar-refractivity contribution in [2.75, 3.05) is 14.2 Å². The van der Waals surface area contributed by atoms with Crippen molar-refractivity contribution in [2.45, 2.75) is 31.7 Å². The van der Waals surface area contributed by atoms with E-state index < -0.39 is 5.60 Å². The van der Waals surface area contributed by atoms with Crippen LogP contribution in [0.5, 0.6) is 0 Å². The highest BCUT2D eigenvalue weighted by Gasteiger charge is 2.25. The van der Waals surface area contributed by atoms with E-state index >= 15 is 0 Å². The number of aliphatic hydroxyl groups is 1. The molecule has 3 nitrogen and oxygen atoms in total. The molecule has 0 aliphatic carbocycles. The lowest BCUT2D eigenvalue weighted by Crippen LogP contribution is -2.34. The fourth-order valence-corrected chi connectivity index (χ4v) is 2.23. The topological polar surface area (TPSA) is 38.7 Å². The molecule has 0 bridgehead atoms. The maximum Gasteiger partial charge on any atom is 0.159 e. The minimum absolute atomic E-state index is 0.378. The molecule has 17 heavy (non-hydrogen) atoms. The van der Waals surface area contributed by atoms with Crippen molar-refractivity contribution in [1.29, 1.82) is 0 Å². The summed E-state index contributed by atoms with van der Waals surface area (Å²) < 4.78 is 11.2. The normalized spacial score (nSPS) is 14.9. The third kappa shape index (κ3) is 5.17. The molecule has 1 aromatic rings. The smallest absolute Gasteiger partial charge is 0.159 e. The lowest BCUT2D eigenvalue weighted by Gasteiger charge is -2.27. The molecule has 1 N–H and O–H groups in total. The van der Waals surface area contributed by atoms with Gasteiger partial charge in [0.1, 0.15) is 0 Å². The second-order valence-corrected chi connectivity index (χ2v) is 5.32. The Morgan fingerprint density at radius 2 is 2.00 bits per heavy atom. The molecule has 0 fully saturated rings. The highest BCUT2D eigenvalue weighted by atomic mass is 79.9. The number of benzene rings is 1. The van der Waals surface area contributed by atoms with Gasteiger partial charge < -0.3 is 14.6 Å². The van der Waals surface area contributed by atoms with E-state index in [9.17, 15) is 5.11 Å². The van der Waals surface area contributed by atoms with E-state index in [1.807, 2.05) is 24.3 Å². The van der Waals surface area contributed by atoms with Gasteiger partial charge in [-0.25, -0.2) is 0 Å². The zero-order valence-electron chi connectivity index (χ0n) is 10.4. The van der Waals surface area contributed by atoms with Gasteiger partial charge in [-0.2, -0.15) is 0 Å². The summed E-state index contributed by atoms with van der Waals surface area (Å²) in [5.41, 5.74) is 0.229. The number of methoxy groups -OCH3 is 2. The Kier molecular flexibility index (Phi) is 5.59. The summed E-state index contributed by atoms with van der Waals surface area (Å²) in [6, 6.07) is 7.92. The van der Waals surface area contributed by atoms with Crippen molar-refractivity contribution in [2.24, 2.45) is 0 Å². The lowest BCUT2D eigenvalue weighted by molar-refractivity contribution is -0.139. The van der Waals surface area contributed by atoms with E-state index in [1.165, 1.54) is 0 Å². The summed E-state index contributed by atoms with van der Waals surface area (Å²) in [7, 11) is 3.15. The van der Waals surface area contributed by atoms with Crippen LogP contribution in [0, 0.1) is 0 Å².